The Hall–Kier alpha value is -2.90. The smallest absolute Gasteiger partial charge is 0.275 e. The van der Waals surface area contributed by atoms with Gasteiger partial charge in [-0.3, -0.25) is 0 Å². The Balaban J connectivity index is 2.18. The van der Waals surface area contributed by atoms with Crippen molar-refractivity contribution in [2.45, 2.75) is 0 Å². The molecule has 8 nitrogen and oxygen atoms in total. The molecule has 8 heteroatoms. The van der Waals surface area contributed by atoms with Crippen LogP contribution < -0.4 is 10.5 Å². The van der Waals surface area contributed by atoms with Gasteiger partial charge in [0.25, 0.3) is 5.95 Å². The second-order valence-electron chi connectivity index (χ2n) is 3.77. The molecule has 19 heavy (non-hydrogen) atoms. The number of ether oxygens (including phenoxy) is 1. The van der Waals surface area contributed by atoms with E-state index in [-0.39, 0.29) is 0 Å². The molecule has 2 aromatic heterocycles. The van der Waals surface area contributed by atoms with Gasteiger partial charge in [-0.1, -0.05) is 5.10 Å². The quantitative estimate of drug-likeness (QED) is 0.684. The average molecular weight is 257 g/mol. The lowest BCUT2D eigenvalue weighted by molar-refractivity contribution is 0.411. The van der Waals surface area contributed by atoms with Crippen LogP contribution in [0.15, 0.2) is 36.7 Å². The summed E-state index contributed by atoms with van der Waals surface area (Å²) >= 11 is 0. The van der Waals surface area contributed by atoms with Crippen LogP contribution in [-0.4, -0.2) is 37.1 Å². The first-order chi connectivity index (χ1) is 9.29. The fourth-order valence-corrected chi connectivity index (χ4v) is 1.74. The summed E-state index contributed by atoms with van der Waals surface area (Å²) in [5.41, 5.74) is 7.04. The number of tetrazole rings is 1. The highest BCUT2D eigenvalue weighted by Crippen LogP contribution is 2.25. The monoisotopic (exact) mass is 257 g/mol. The van der Waals surface area contributed by atoms with Crippen LogP contribution in [0.4, 0.5) is 5.69 Å². The summed E-state index contributed by atoms with van der Waals surface area (Å²) in [6.45, 7) is 0. The molecule has 0 atom stereocenters. The minimum Gasteiger partial charge on any atom is -0.494 e. The second kappa shape index (κ2) is 4.41. The van der Waals surface area contributed by atoms with Crippen LogP contribution in [0.3, 0.4) is 0 Å². The predicted octanol–water partition coefficient (Wildman–Crippen LogP) is 0.439. The number of methoxy groups -OCH3 is 1. The largest absolute Gasteiger partial charge is 0.494 e. The number of anilines is 1. The molecule has 0 fully saturated rings. The molecule has 3 aromatic rings. The SMILES string of the molecule is COc1ccc(N)cc1-n1nnnc1-n1cccn1. The van der Waals surface area contributed by atoms with Crippen LogP contribution in [-0.2, 0) is 0 Å². The molecule has 0 radical (unpaired) electrons. The van der Waals surface area contributed by atoms with E-state index in [1.54, 1.807) is 48.5 Å². The van der Waals surface area contributed by atoms with Gasteiger partial charge in [-0.15, -0.1) is 0 Å². The van der Waals surface area contributed by atoms with E-state index < -0.39 is 0 Å². The maximum atomic E-state index is 5.80. The maximum Gasteiger partial charge on any atom is 0.275 e. The van der Waals surface area contributed by atoms with Crippen LogP contribution in [0.5, 0.6) is 5.75 Å². The molecule has 0 saturated heterocycles. The van der Waals surface area contributed by atoms with Crippen molar-refractivity contribution >= 4 is 5.69 Å². The van der Waals surface area contributed by atoms with E-state index in [9.17, 15) is 0 Å². The molecular formula is C11H11N7O. The standard InChI is InChI=1S/C11H11N7O/c1-19-10-4-3-8(12)7-9(10)18-11(14-15-16-18)17-6-2-5-13-17/h2-7H,12H2,1H3. The third-order valence-electron chi connectivity index (χ3n) is 2.59. The molecule has 2 N–H and O–H groups in total. The fraction of sp³-hybridized carbons (Fsp3) is 0.0909. The summed E-state index contributed by atoms with van der Waals surface area (Å²) in [7, 11) is 1.58. The minimum atomic E-state index is 0.453. The summed E-state index contributed by atoms with van der Waals surface area (Å²) in [4.78, 5) is 0. The van der Waals surface area contributed by atoms with E-state index in [2.05, 4.69) is 20.6 Å². The number of aromatic nitrogens is 6. The third-order valence-corrected chi connectivity index (χ3v) is 2.59. The van der Waals surface area contributed by atoms with Crippen molar-refractivity contribution in [1.82, 2.24) is 30.0 Å². The number of nitrogens with zero attached hydrogens (tertiary/aromatic N) is 6. The summed E-state index contributed by atoms with van der Waals surface area (Å²) in [5, 5.41) is 15.7. The predicted molar refractivity (Wildman–Crippen MR) is 67.2 cm³/mol. The van der Waals surface area contributed by atoms with Crippen molar-refractivity contribution in [1.29, 1.82) is 0 Å². The highest BCUT2D eigenvalue weighted by atomic mass is 16.5. The van der Waals surface area contributed by atoms with Crippen molar-refractivity contribution in [2.24, 2.45) is 0 Å². The summed E-state index contributed by atoms with van der Waals surface area (Å²) in [5.74, 6) is 1.07. The van der Waals surface area contributed by atoms with Gasteiger partial charge in [0.2, 0.25) is 0 Å². The molecule has 0 amide bonds. The first-order valence-electron chi connectivity index (χ1n) is 5.52. The molecule has 0 saturated carbocycles. The van der Waals surface area contributed by atoms with Crippen LogP contribution in [0, 0.1) is 0 Å². The second-order valence-corrected chi connectivity index (χ2v) is 3.77. The lowest BCUT2D eigenvalue weighted by atomic mass is 10.2. The van der Waals surface area contributed by atoms with Crippen LogP contribution in [0.25, 0.3) is 11.6 Å². The van der Waals surface area contributed by atoms with Gasteiger partial charge in [0.05, 0.1) is 7.11 Å². The number of rotatable bonds is 3. The van der Waals surface area contributed by atoms with Gasteiger partial charge in [-0.25, -0.2) is 4.68 Å². The number of nitrogen functional groups attached to an aromatic ring is 1. The number of nitrogens with two attached hydrogens (primary N) is 1. The van der Waals surface area contributed by atoms with Gasteiger partial charge in [-0.2, -0.15) is 9.78 Å². The topological polar surface area (TPSA) is 96.7 Å². The zero-order valence-electron chi connectivity index (χ0n) is 10.1. The normalized spacial score (nSPS) is 10.6. The Bertz CT molecular complexity index is 689. The van der Waals surface area contributed by atoms with Crippen LogP contribution >= 0.6 is 0 Å². The molecule has 1 aromatic carbocycles. The zero-order chi connectivity index (χ0) is 13.2. The van der Waals surface area contributed by atoms with Crippen LogP contribution in [0.2, 0.25) is 0 Å². The molecule has 0 aliphatic rings. The third kappa shape index (κ3) is 1.88. The van der Waals surface area contributed by atoms with E-state index >= 15 is 0 Å². The Morgan fingerprint density at radius 1 is 1.32 bits per heavy atom. The van der Waals surface area contributed by atoms with E-state index in [1.165, 1.54) is 4.68 Å². The van der Waals surface area contributed by atoms with E-state index in [0.29, 0.717) is 23.1 Å². The molecule has 0 aliphatic carbocycles. The molecule has 96 valence electrons. The number of hydrogen-bond donors (Lipinski definition) is 1. The van der Waals surface area contributed by atoms with Gasteiger partial charge >= 0.3 is 0 Å². The van der Waals surface area contributed by atoms with Crippen molar-refractivity contribution in [2.75, 3.05) is 12.8 Å². The van der Waals surface area contributed by atoms with Crippen molar-refractivity contribution < 1.29 is 4.74 Å². The summed E-state index contributed by atoms with van der Waals surface area (Å²) < 4.78 is 8.37. The Morgan fingerprint density at radius 3 is 2.95 bits per heavy atom. The summed E-state index contributed by atoms with van der Waals surface area (Å²) in [6, 6.07) is 7.04. The number of hydrogen-bond acceptors (Lipinski definition) is 6. The number of benzene rings is 1. The van der Waals surface area contributed by atoms with E-state index in [0.717, 1.165) is 0 Å². The van der Waals surface area contributed by atoms with Crippen LogP contribution in [0.1, 0.15) is 0 Å². The first-order valence-corrected chi connectivity index (χ1v) is 5.52. The lowest BCUT2D eigenvalue weighted by Crippen LogP contribution is -2.08. The van der Waals surface area contributed by atoms with Crippen molar-refractivity contribution in [3.8, 4) is 17.4 Å². The molecule has 2 heterocycles. The van der Waals surface area contributed by atoms with Gasteiger partial charge in [0.15, 0.2) is 0 Å². The minimum absolute atomic E-state index is 0.453. The van der Waals surface area contributed by atoms with Crippen molar-refractivity contribution in [3.63, 3.8) is 0 Å². The fourth-order valence-electron chi connectivity index (χ4n) is 1.74. The Kier molecular flexibility index (Phi) is 2.60. The zero-order valence-corrected chi connectivity index (χ0v) is 10.1. The molecular weight excluding hydrogens is 246 g/mol. The Morgan fingerprint density at radius 2 is 2.21 bits per heavy atom. The highest BCUT2D eigenvalue weighted by Gasteiger charge is 2.14. The van der Waals surface area contributed by atoms with Gasteiger partial charge in [-0.05, 0) is 34.7 Å². The molecule has 3 rings (SSSR count). The first kappa shape index (κ1) is 11.2. The Labute approximate surface area is 108 Å². The van der Waals surface area contributed by atoms with Gasteiger partial charge < -0.3 is 10.5 Å². The highest BCUT2D eigenvalue weighted by molar-refractivity contribution is 5.56. The van der Waals surface area contributed by atoms with E-state index in [1.807, 2.05) is 0 Å². The molecule has 0 unspecified atom stereocenters. The lowest BCUT2D eigenvalue weighted by Gasteiger charge is -2.10. The molecule has 0 bridgehead atoms. The molecule has 0 spiro atoms. The van der Waals surface area contributed by atoms with Gasteiger partial charge in [0, 0.05) is 18.1 Å². The van der Waals surface area contributed by atoms with E-state index in [4.69, 9.17) is 10.5 Å². The van der Waals surface area contributed by atoms with Crippen molar-refractivity contribution in [3.05, 3.63) is 36.7 Å². The molecule has 0 aliphatic heterocycles. The summed E-state index contributed by atoms with van der Waals surface area (Å²) in [6.07, 6.45) is 3.40. The average Bonchev–Trinajstić information content (AvgIpc) is 3.09. The maximum absolute atomic E-state index is 5.80. The van der Waals surface area contributed by atoms with Gasteiger partial charge in [0.1, 0.15) is 11.4 Å².